The van der Waals surface area contributed by atoms with Gasteiger partial charge in [-0.1, -0.05) is 27.2 Å². The Kier molecular flexibility index (Phi) is 5.28. The van der Waals surface area contributed by atoms with Gasteiger partial charge in [0.25, 0.3) is 0 Å². The van der Waals surface area contributed by atoms with Crippen molar-refractivity contribution < 1.29 is 0 Å². The van der Waals surface area contributed by atoms with Crippen molar-refractivity contribution in [3.63, 3.8) is 0 Å². The molecule has 2 heteroatoms. The number of rotatable bonds is 5. The maximum Gasteiger partial charge on any atom is 0.0634 e. The second-order valence-corrected chi connectivity index (χ2v) is 3.71. The normalized spacial score (nSPS) is 13.7. The van der Waals surface area contributed by atoms with Crippen molar-refractivity contribution in [3.05, 3.63) is 11.9 Å². The molecule has 2 nitrogen and oxygen atoms in total. The average Bonchev–Trinajstić information content (AvgIpc) is 2.05. The average molecular weight is 180 g/mol. The number of aliphatic imine (C=N–C) groups is 2. The van der Waals surface area contributed by atoms with Crippen LogP contribution in [0.1, 0.15) is 40.5 Å². The highest BCUT2D eigenvalue weighted by molar-refractivity contribution is 5.54. The topological polar surface area (TPSA) is 24.7 Å². The van der Waals surface area contributed by atoms with Crippen molar-refractivity contribution in [2.45, 2.75) is 40.5 Å². The molecule has 74 valence electrons. The van der Waals surface area contributed by atoms with E-state index < -0.39 is 0 Å². The van der Waals surface area contributed by atoms with E-state index in [1.807, 2.05) is 6.92 Å². The zero-order valence-electron chi connectivity index (χ0n) is 9.17. The fraction of sp³-hybridized carbons (Fsp3) is 0.636. The number of nitrogens with zero attached hydrogens (tertiary/aromatic N) is 2. The number of hydrogen-bond acceptors (Lipinski definition) is 2. The van der Waals surface area contributed by atoms with Crippen LogP contribution in [0.5, 0.6) is 0 Å². The lowest BCUT2D eigenvalue weighted by atomic mass is 9.85. The van der Waals surface area contributed by atoms with Gasteiger partial charge < -0.3 is 0 Å². The van der Waals surface area contributed by atoms with E-state index in [2.05, 4.69) is 37.5 Å². The van der Waals surface area contributed by atoms with Gasteiger partial charge in [-0.2, -0.15) is 0 Å². The second-order valence-electron chi connectivity index (χ2n) is 3.71. The smallest absolute Gasteiger partial charge is 0.0634 e. The molecule has 0 saturated carbocycles. The molecule has 0 aliphatic rings. The van der Waals surface area contributed by atoms with Crippen molar-refractivity contribution in [3.8, 4) is 0 Å². The number of allylic oxidation sites excluding steroid dienone is 1. The van der Waals surface area contributed by atoms with Crippen molar-refractivity contribution >= 4 is 12.9 Å². The first-order chi connectivity index (χ1) is 6.08. The molecule has 0 unspecified atom stereocenters. The van der Waals surface area contributed by atoms with Crippen LogP contribution < -0.4 is 0 Å². The first kappa shape index (κ1) is 12.1. The van der Waals surface area contributed by atoms with Gasteiger partial charge in [-0.15, -0.1) is 0 Å². The Labute approximate surface area is 81.5 Å². The van der Waals surface area contributed by atoms with Crippen LogP contribution in [0, 0.1) is 5.41 Å². The molecule has 0 heterocycles. The minimum atomic E-state index is 0.0863. The quantitative estimate of drug-likeness (QED) is 0.579. The predicted molar refractivity (Wildman–Crippen MR) is 60.5 cm³/mol. The largest absolute Gasteiger partial charge is 0.267 e. The van der Waals surface area contributed by atoms with Gasteiger partial charge in [-0.25, -0.2) is 0 Å². The van der Waals surface area contributed by atoms with Crippen LogP contribution in [0.2, 0.25) is 0 Å². The second kappa shape index (κ2) is 5.68. The maximum atomic E-state index is 4.07. The standard InChI is InChI=1S/C11H20N2/c1-6-8-11(3,4)10(12-5)9-13-7-2/h7,9H,5-6,8H2,1-4H3/b10-9-,13-7-. The summed E-state index contributed by atoms with van der Waals surface area (Å²) in [6.45, 7) is 12.0. The molecule has 0 aliphatic heterocycles. The van der Waals surface area contributed by atoms with E-state index in [-0.39, 0.29) is 5.41 Å². The van der Waals surface area contributed by atoms with Gasteiger partial charge >= 0.3 is 0 Å². The van der Waals surface area contributed by atoms with E-state index in [4.69, 9.17) is 0 Å². The van der Waals surface area contributed by atoms with E-state index in [0.717, 1.165) is 18.5 Å². The van der Waals surface area contributed by atoms with Crippen LogP contribution in [-0.2, 0) is 0 Å². The van der Waals surface area contributed by atoms with E-state index in [0.29, 0.717) is 0 Å². The van der Waals surface area contributed by atoms with Crippen LogP contribution in [0.15, 0.2) is 21.9 Å². The molecule has 0 spiro atoms. The first-order valence-corrected chi connectivity index (χ1v) is 4.73. The van der Waals surface area contributed by atoms with E-state index in [9.17, 15) is 0 Å². The third kappa shape index (κ3) is 4.02. The molecule has 0 aromatic carbocycles. The van der Waals surface area contributed by atoms with Gasteiger partial charge in [0.1, 0.15) is 0 Å². The molecule has 13 heavy (non-hydrogen) atoms. The minimum Gasteiger partial charge on any atom is -0.267 e. The molecule has 0 fully saturated rings. The molecule has 0 aromatic rings. The summed E-state index contributed by atoms with van der Waals surface area (Å²) in [5.74, 6) is 0. The Morgan fingerprint density at radius 1 is 1.46 bits per heavy atom. The third-order valence-corrected chi connectivity index (χ3v) is 2.08. The van der Waals surface area contributed by atoms with Crippen molar-refractivity contribution in [2.75, 3.05) is 0 Å². The van der Waals surface area contributed by atoms with Gasteiger partial charge in [0.2, 0.25) is 0 Å². The molecule has 0 N–H and O–H groups in total. The lowest BCUT2D eigenvalue weighted by molar-refractivity contribution is 0.398. The van der Waals surface area contributed by atoms with Crippen LogP contribution >= 0.6 is 0 Å². The molecular formula is C11H20N2. The Balaban J connectivity index is 4.64. The highest BCUT2D eigenvalue weighted by Gasteiger charge is 2.21. The summed E-state index contributed by atoms with van der Waals surface area (Å²) < 4.78 is 0. The fourth-order valence-corrected chi connectivity index (χ4v) is 1.33. The molecule has 0 rings (SSSR count). The molecule has 0 saturated heterocycles. The number of hydrogen-bond donors (Lipinski definition) is 0. The Hall–Kier alpha value is -0.920. The molecule has 0 aromatic heterocycles. The lowest BCUT2D eigenvalue weighted by Crippen LogP contribution is -2.12. The van der Waals surface area contributed by atoms with E-state index in [1.165, 1.54) is 0 Å². The third-order valence-electron chi connectivity index (χ3n) is 2.08. The summed E-state index contributed by atoms with van der Waals surface area (Å²) >= 11 is 0. The summed E-state index contributed by atoms with van der Waals surface area (Å²) in [6.07, 6.45) is 5.81. The van der Waals surface area contributed by atoms with Crippen LogP contribution in [0.4, 0.5) is 0 Å². The highest BCUT2D eigenvalue weighted by Crippen LogP contribution is 2.31. The maximum absolute atomic E-state index is 4.07. The first-order valence-electron chi connectivity index (χ1n) is 4.73. The van der Waals surface area contributed by atoms with Crippen LogP contribution in [0.25, 0.3) is 0 Å². The minimum absolute atomic E-state index is 0.0863. The Morgan fingerprint density at radius 3 is 2.46 bits per heavy atom. The summed E-state index contributed by atoms with van der Waals surface area (Å²) in [5, 5.41) is 0. The van der Waals surface area contributed by atoms with E-state index in [1.54, 1.807) is 12.4 Å². The van der Waals surface area contributed by atoms with Gasteiger partial charge in [0.05, 0.1) is 5.70 Å². The summed E-state index contributed by atoms with van der Waals surface area (Å²) in [5.41, 5.74) is 1.05. The zero-order chi connectivity index (χ0) is 10.3. The Bertz CT molecular complexity index is 212. The Morgan fingerprint density at radius 2 is 2.08 bits per heavy atom. The van der Waals surface area contributed by atoms with Gasteiger partial charge in [-0.05, 0) is 20.1 Å². The summed E-state index contributed by atoms with van der Waals surface area (Å²) in [7, 11) is 0. The monoisotopic (exact) mass is 180 g/mol. The van der Waals surface area contributed by atoms with Gasteiger partial charge in [-0.3, -0.25) is 9.98 Å². The summed E-state index contributed by atoms with van der Waals surface area (Å²) in [6, 6.07) is 0. The SMILES string of the molecule is C=N/C(=C\N=C/C)C(C)(C)CCC. The van der Waals surface area contributed by atoms with Crippen LogP contribution in [-0.4, -0.2) is 12.9 Å². The fourth-order valence-electron chi connectivity index (χ4n) is 1.33. The summed E-state index contributed by atoms with van der Waals surface area (Å²) in [4.78, 5) is 8.08. The lowest BCUT2D eigenvalue weighted by Gasteiger charge is -2.23. The van der Waals surface area contributed by atoms with Crippen molar-refractivity contribution in [1.29, 1.82) is 0 Å². The molecule has 0 bridgehead atoms. The van der Waals surface area contributed by atoms with Crippen LogP contribution in [0.3, 0.4) is 0 Å². The van der Waals surface area contributed by atoms with Crippen molar-refractivity contribution in [2.24, 2.45) is 15.4 Å². The van der Waals surface area contributed by atoms with Gasteiger partial charge in [0.15, 0.2) is 0 Å². The predicted octanol–water partition coefficient (Wildman–Crippen LogP) is 3.45. The molecular weight excluding hydrogens is 160 g/mol. The van der Waals surface area contributed by atoms with Crippen molar-refractivity contribution in [1.82, 2.24) is 0 Å². The molecule has 0 atom stereocenters. The molecule has 0 radical (unpaired) electrons. The zero-order valence-corrected chi connectivity index (χ0v) is 9.17. The van der Waals surface area contributed by atoms with Gasteiger partial charge in [0, 0.05) is 17.8 Å². The molecule has 0 aliphatic carbocycles. The highest BCUT2D eigenvalue weighted by atomic mass is 14.8. The van der Waals surface area contributed by atoms with E-state index >= 15 is 0 Å². The molecule has 0 amide bonds.